The van der Waals surface area contributed by atoms with E-state index in [1.165, 1.54) is 29.9 Å². The third kappa shape index (κ3) is 7.73. The molecule has 0 atom stereocenters. The predicted octanol–water partition coefficient (Wildman–Crippen LogP) is 4.05. The number of hydrogen-bond acceptors (Lipinski definition) is 8. The highest BCUT2D eigenvalue weighted by Gasteiger charge is 2.22. The first-order valence-electron chi connectivity index (χ1n) is 13.0. The Balaban J connectivity index is 1.52. The van der Waals surface area contributed by atoms with Crippen LogP contribution in [0.5, 0.6) is 5.75 Å². The van der Waals surface area contributed by atoms with Crippen molar-refractivity contribution < 1.29 is 14.3 Å². The van der Waals surface area contributed by atoms with E-state index in [4.69, 9.17) is 4.74 Å². The topological polar surface area (TPSA) is 121 Å². The molecule has 0 unspecified atom stereocenters. The Morgan fingerprint density at radius 3 is 2.68 bits per heavy atom. The summed E-state index contributed by atoms with van der Waals surface area (Å²) in [6.45, 7) is 9.42. The molecular formula is C27H35N7O3S. The van der Waals surface area contributed by atoms with Crippen LogP contribution in [0.15, 0.2) is 48.9 Å². The standard InChI is InChI=1S/C27H35N7O3S/c1-3-34(4-2)14-15-37-21-7-5-6-19(16-21)23-17-22(25(35)31-20-8-10-28-11-9-20)26(38-23)33-27(36)32-24-18-29-12-13-30-24/h5-7,12-13,16-18,20,28H,3-4,8-11,14-15H2,1-2H3,(H,31,35)(H2,30,32,33,36). The van der Waals surface area contributed by atoms with Crippen molar-refractivity contribution in [2.24, 2.45) is 0 Å². The number of urea groups is 1. The van der Waals surface area contributed by atoms with Crippen molar-refractivity contribution in [1.82, 2.24) is 25.5 Å². The van der Waals surface area contributed by atoms with Gasteiger partial charge in [-0.1, -0.05) is 26.0 Å². The van der Waals surface area contributed by atoms with Crippen LogP contribution < -0.4 is 26.0 Å². The minimum atomic E-state index is -0.497. The lowest BCUT2D eigenvalue weighted by Gasteiger charge is -2.23. The number of carbonyl (C=O) groups is 2. The predicted molar refractivity (Wildman–Crippen MR) is 151 cm³/mol. The van der Waals surface area contributed by atoms with Gasteiger partial charge in [0.1, 0.15) is 17.4 Å². The van der Waals surface area contributed by atoms with E-state index in [1.807, 2.05) is 30.3 Å². The maximum Gasteiger partial charge on any atom is 0.325 e. The molecule has 0 radical (unpaired) electrons. The summed E-state index contributed by atoms with van der Waals surface area (Å²) in [7, 11) is 0. The zero-order valence-corrected chi connectivity index (χ0v) is 22.6. The molecule has 3 heterocycles. The summed E-state index contributed by atoms with van der Waals surface area (Å²) in [5.74, 6) is 0.872. The number of ether oxygens (including phenoxy) is 1. The SMILES string of the molecule is CCN(CC)CCOc1cccc(-c2cc(C(=O)NC3CCNCC3)c(NC(=O)Nc3cnccn3)s2)c1. The number of nitrogens with one attached hydrogen (secondary N) is 4. The van der Waals surface area contributed by atoms with E-state index in [-0.39, 0.29) is 11.9 Å². The summed E-state index contributed by atoms with van der Waals surface area (Å²) in [5.41, 5.74) is 1.33. The average molecular weight is 538 g/mol. The van der Waals surface area contributed by atoms with Crippen molar-refractivity contribution in [3.8, 4) is 16.2 Å². The van der Waals surface area contributed by atoms with Gasteiger partial charge < -0.3 is 20.3 Å². The second-order valence-electron chi connectivity index (χ2n) is 8.92. The van der Waals surface area contributed by atoms with Crippen molar-refractivity contribution >= 4 is 34.1 Å². The Hall–Kier alpha value is -3.54. The number of aromatic nitrogens is 2. The summed E-state index contributed by atoms with van der Waals surface area (Å²) in [6.07, 6.45) is 6.21. The Kier molecular flexibility index (Phi) is 10.0. The van der Waals surface area contributed by atoms with E-state index < -0.39 is 6.03 Å². The number of rotatable bonds is 11. The van der Waals surface area contributed by atoms with E-state index in [9.17, 15) is 9.59 Å². The highest BCUT2D eigenvalue weighted by molar-refractivity contribution is 7.20. The highest BCUT2D eigenvalue weighted by atomic mass is 32.1. The van der Waals surface area contributed by atoms with Crippen LogP contribution in [-0.2, 0) is 0 Å². The number of anilines is 2. The van der Waals surface area contributed by atoms with Crippen molar-refractivity contribution in [2.75, 3.05) is 50.0 Å². The van der Waals surface area contributed by atoms with Gasteiger partial charge in [-0.2, -0.15) is 0 Å². The van der Waals surface area contributed by atoms with Crippen molar-refractivity contribution in [2.45, 2.75) is 32.7 Å². The molecule has 1 aliphatic rings. The number of thiophene rings is 1. The smallest absolute Gasteiger partial charge is 0.325 e. The Labute approximate surface area is 227 Å². The van der Waals surface area contributed by atoms with Gasteiger partial charge in [0.25, 0.3) is 5.91 Å². The minimum absolute atomic E-state index is 0.0934. The van der Waals surface area contributed by atoms with Gasteiger partial charge in [0.05, 0.1) is 11.8 Å². The van der Waals surface area contributed by atoms with E-state index in [1.54, 1.807) is 0 Å². The molecule has 202 valence electrons. The van der Waals surface area contributed by atoms with Crippen LogP contribution in [-0.4, -0.2) is 72.2 Å². The number of piperidine rings is 1. The number of likely N-dealkylation sites (N-methyl/N-ethyl adjacent to an activating group) is 1. The lowest BCUT2D eigenvalue weighted by atomic mass is 10.1. The first kappa shape index (κ1) is 27.5. The molecule has 10 nitrogen and oxygen atoms in total. The molecular weight excluding hydrogens is 502 g/mol. The lowest BCUT2D eigenvalue weighted by Crippen LogP contribution is -2.42. The Morgan fingerprint density at radius 1 is 1.13 bits per heavy atom. The normalized spacial score (nSPS) is 13.8. The molecule has 2 aromatic heterocycles. The van der Waals surface area contributed by atoms with Gasteiger partial charge in [-0.25, -0.2) is 9.78 Å². The molecule has 0 bridgehead atoms. The van der Waals surface area contributed by atoms with Crippen molar-refractivity contribution in [1.29, 1.82) is 0 Å². The summed E-state index contributed by atoms with van der Waals surface area (Å²) >= 11 is 1.34. The van der Waals surface area contributed by atoms with Gasteiger partial charge in [-0.3, -0.25) is 20.4 Å². The summed E-state index contributed by atoms with van der Waals surface area (Å²) in [6, 6.07) is 9.22. The van der Waals surface area contributed by atoms with Crippen LogP contribution in [0.25, 0.3) is 10.4 Å². The third-order valence-corrected chi connectivity index (χ3v) is 7.47. The lowest BCUT2D eigenvalue weighted by molar-refractivity contribution is 0.0931. The molecule has 0 aliphatic carbocycles. The van der Waals surface area contributed by atoms with Crippen LogP contribution in [0.3, 0.4) is 0 Å². The molecule has 11 heteroatoms. The summed E-state index contributed by atoms with van der Waals surface area (Å²) in [5, 5.41) is 12.4. The number of hydrogen-bond donors (Lipinski definition) is 4. The maximum atomic E-state index is 13.3. The average Bonchev–Trinajstić information content (AvgIpc) is 3.36. The first-order valence-corrected chi connectivity index (χ1v) is 13.8. The molecule has 1 fully saturated rings. The van der Waals surface area contributed by atoms with Gasteiger partial charge in [0, 0.05) is 29.9 Å². The maximum absolute atomic E-state index is 13.3. The van der Waals surface area contributed by atoms with Gasteiger partial charge >= 0.3 is 6.03 Å². The fourth-order valence-corrected chi connectivity index (χ4v) is 5.26. The molecule has 0 saturated carbocycles. The molecule has 3 aromatic rings. The Bertz CT molecular complexity index is 1190. The monoisotopic (exact) mass is 537 g/mol. The molecule has 3 amide bonds. The van der Waals surface area contributed by atoms with Gasteiger partial charge in [0.2, 0.25) is 0 Å². The molecule has 1 aromatic carbocycles. The van der Waals surface area contributed by atoms with Gasteiger partial charge in [-0.15, -0.1) is 11.3 Å². The van der Waals surface area contributed by atoms with Crippen LogP contribution in [0, 0.1) is 0 Å². The van der Waals surface area contributed by atoms with E-state index in [2.05, 4.69) is 50.0 Å². The summed E-state index contributed by atoms with van der Waals surface area (Å²) < 4.78 is 6.00. The third-order valence-electron chi connectivity index (χ3n) is 6.37. The fourth-order valence-electron chi connectivity index (χ4n) is 4.21. The second kappa shape index (κ2) is 13.8. The minimum Gasteiger partial charge on any atom is -0.492 e. The number of nitrogens with zero attached hydrogens (tertiary/aromatic N) is 3. The van der Waals surface area contributed by atoms with E-state index in [0.717, 1.165) is 61.8 Å². The molecule has 1 aliphatic heterocycles. The quantitative estimate of drug-likeness (QED) is 0.291. The van der Waals surface area contributed by atoms with Crippen molar-refractivity contribution in [3.05, 3.63) is 54.5 Å². The molecule has 4 N–H and O–H groups in total. The van der Waals surface area contributed by atoms with Crippen molar-refractivity contribution in [3.63, 3.8) is 0 Å². The molecule has 1 saturated heterocycles. The first-order chi connectivity index (χ1) is 18.6. The molecule has 38 heavy (non-hydrogen) atoms. The second-order valence-corrected chi connectivity index (χ2v) is 9.98. The van der Waals surface area contributed by atoms with Crippen LogP contribution in [0.1, 0.15) is 37.0 Å². The van der Waals surface area contributed by atoms with E-state index in [0.29, 0.717) is 23.0 Å². The number of carbonyl (C=O) groups excluding carboxylic acids is 2. The zero-order valence-electron chi connectivity index (χ0n) is 21.8. The van der Waals surface area contributed by atoms with Crippen LogP contribution >= 0.6 is 11.3 Å². The summed E-state index contributed by atoms with van der Waals surface area (Å²) in [4.78, 5) is 37.2. The van der Waals surface area contributed by atoms with E-state index >= 15 is 0 Å². The van der Waals surface area contributed by atoms with Crippen LogP contribution in [0.4, 0.5) is 15.6 Å². The highest BCUT2D eigenvalue weighted by Crippen LogP contribution is 2.37. The largest absolute Gasteiger partial charge is 0.492 e. The molecule has 0 spiro atoms. The van der Waals surface area contributed by atoms with Gasteiger partial charge in [-0.05, 0) is 62.8 Å². The number of amides is 3. The Morgan fingerprint density at radius 2 is 1.95 bits per heavy atom. The fraction of sp³-hybridized carbons (Fsp3) is 0.407. The zero-order chi connectivity index (χ0) is 26.7. The van der Waals surface area contributed by atoms with Gasteiger partial charge in [0.15, 0.2) is 5.82 Å². The number of benzene rings is 1. The van der Waals surface area contributed by atoms with Crippen LogP contribution in [0.2, 0.25) is 0 Å². The molecule has 4 rings (SSSR count).